The first-order chi connectivity index (χ1) is 24.8. The van der Waals surface area contributed by atoms with Crippen LogP contribution in [0.4, 0.5) is 28.4 Å². The molecule has 50 heavy (non-hydrogen) atoms. The third-order valence-electron chi connectivity index (χ3n) is 10.5. The number of rotatable bonds is 5. The van der Waals surface area contributed by atoms with Gasteiger partial charge in [0.2, 0.25) is 0 Å². The quantitative estimate of drug-likeness (QED) is 0.173. The molecule has 1 heterocycles. The highest BCUT2D eigenvalue weighted by Crippen LogP contribution is 2.48. The maximum atomic E-state index is 2.50. The van der Waals surface area contributed by atoms with Crippen LogP contribution in [-0.2, 0) is 0 Å². The Balaban J connectivity index is 1.14. The van der Waals surface area contributed by atoms with Gasteiger partial charge in [-0.2, -0.15) is 0 Å². The fourth-order valence-electron chi connectivity index (χ4n) is 8.29. The molecule has 2 atom stereocenters. The van der Waals surface area contributed by atoms with Crippen LogP contribution in [0.3, 0.4) is 0 Å². The summed E-state index contributed by atoms with van der Waals surface area (Å²) in [6, 6.07) is 62.4. The van der Waals surface area contributed by atoms with E-state index in [4.69, 9.17) is 0 Å². The highest BCUT2D eigenvalue weighted by atomic mass is 15.2. The van der Waals surface area contributed by atoms with Gasteiger partial charge in [-0.3, -0.25) is 0 Å². The maximum Gasteiger partial charge on any atom is 0.0629 e. The van der Waals surface area contributed by atoms with E-state index in [1.165, 1.54) is 60.4 Å². The second-order valence-corrected chi connectivity index (χ2v) is 13.3. The number of allylic oxidation sites excluding steroid dienone is 2. The van der Waals surface area contributed by atoms with Gasteiger partial charge in [-0.1, -0.05) is 140 Å². The van der Waals surface area contributed by atoms with E-state index in [1.54, 1.807) is 0 Å². The number of nitrogens with zero attached hydrogens (tertiary/aromatic N) is 2. The van der Waals surface area contributed by atoms with Crippen LogP contribution in [0.1, 0.15) is 11.5 Å². The van der Waals surface area contributed by atoms with Crippen molar-refractivity contribution in [2.24, 2.45) is 0 Å². The van der Waals surface area contributed by atoms with Crippen molar-refractivity contribution in [3.8, 4) is 11.1 Å². The molecule has 0 bridgehead atoms. The topological polar surface area (TPSA) is 6.48 Å². The van der Waals surface area contributed by atoms with Gasteiger partial charge in [-0.05, 0) is 104 Å². The van der Waals surface area contributed by atoms with Crippen LogP contribution in [0.2, 0.25) is 0 Å². The summed E-state index contributed by atoms with van der Waals surface area (Å²) >= 11 is 0. The summed E-state index contributed by atoms with van der Waals surface area (Å²) in [5.41, 5.74) is 9.63. The Labute approximate surface area is 292 Å². The summed E-state index contributed by atoms with van der Waals surface area (Å²) < 4.78 is 0. The van der Waals surface area contributed by atoms with E-state index in [2.05, 4.69) is 204 Å². The van der Waals surface area contributed by atoms with E-state index in [9.17, 15) is 0 Å². The van der Waals surface area contributed by atoms with E-state index in [0.717, 1.165) is 17.1 Å². The molecule has 8 aromatic carbocycles. The molecular formula is C48H34N2. The number of para-hydroxylation sites is 1. The molecule has 1 aliphatic heterocycles. The van der Waals surface area contributed by atoms with Crippen molar-refractivity contribution in [1.82, 2.24) is 0 Å². The molecule has 0 radical (unpaired) electrons. The molecule has 0 saturated carbocycles. The number of anilines is 5. The van der Waals surface area contributed by atoms with Crippen molar-refractivity contribution in [2.45, 2.75) is 12.0 Å². The molecule has 2 unspecified atom stereocenters. The van der Waals surface area contributed by atoms with Gasteiger partial charge in [-0.15, -0.1) is 0 Å². The smallest absolute Gasteiger partial charge is 0.0629 e. The number of hydrogen-bond acceptors (Lipinski definition) is 2. The Morgan fingerprint density at radius 3 is 1.74 bits per heavy atom. The van der Waals surface area contributed by atoms with Crippen molar-refractivity contribution in [3.05, 3.63) is 200 Å². The SMILES string of the molecule is C1=CC2c3ccccc3N(c3ccc(N(c4cccc(-c5ccccc5)c4)c4ccc5c6ccccc6c6ccccc6c5c4)cc3)C2C=C1. The Bertz CT molecular complexity index is 2580. The first-order valence-electron chi connectivity index (χ1n) is 17.4. The van der Waals surface area contributed by atoms with E-state index in [1.807, 2.05) is 0 Å². The molecule has 10 rings (SSSR count). The van der Waals surface area contributed by atoms with Gasteiger partial charge >= 0.3 is 0 Å². The van der Waals surface area contributed by atoms with E-state index < -0.39 is 0 Å². The van der Waals surface area contributed by atoms with E-state index >= 15 is 0 Å². The van der Waals surface area contributed by atoms with Crippen molar-refractivity contribution in [2.75, 3.05) is 9.80 Å². The molecule has 0 aromatic heterocycles. The summed E-state index contributed by atoms with van der Waals surface area (Å²) in [6.45, 7) is 0. The lowest BCUT2D eigenvalue weighted by molar-refractivity contribution is 0.745. The monoisotopic (exact) mass is 638 g/mol. The zero-order chi connectivity index (χ0) is 33.0. The molecule has 0 N–H and O–H groups in total. The molecule has 0 spiro atoms. The minimum Gasteiger partial charge on any atom is -0.333 e. The van der Waals surface area contributed by atoms with Crippen LogP contribution in [0.5, 0.6) is 0 Å². The van der Waals surface area contributed by atoms with Crippen molar-refractivity contribution in [1.29, 1.82) is 0 Å². The van der Waals surface area contributed by atoms with Crippen LogP contribution in [0, 0.1) is 0 Å². The summed E-state index contributed by atoms with van der Waals surface area (Å²) in [7, 11) is 0. The molecule has 2 nitrogen and oxygen atoms in total. The third-order valence-corrected chi connectivity index (χ3v) is 10.5. The van der Waals surface area contributed by atoms with Crippen LogP contribution in [0.25, 0.3) is 43.4 Å². The largest absolute Gasteiger partial charge is 0.333 e. The standard InChI is InChI=1S/C48H34N2/c1-2-13-33(14-3-1)34-15-12-16-37(31-34)49(38-29-30-43-41-19-5-4-17-39(41)40-18-6-7-20-42(40)46(43)32-38)35-25-27-36(28-26-35)50-47-23-10-8-21-44(47)45-22-9-11-24-48(45)50/h1-32,44,47H. The Hall–Kier alpha value is -6.38. The molecule has 8 aromatic rings. The van der Waals surface area contributed by atoms with Gasteiger partial charge in [0.25, 0.3) is 0 Å². The Kier molecular flexibility index (Phi) is 6.67. The van der Waals surface area contributed by atoms with Crippen LogP contribution in [-0.4, -0.2) is 6.04 Å². The molecule has 0 saturated heterocycles. The lowest BCUT2D eigenvalue weighted by atomic mass is 9.91. The second-order valence-electron chi connectivity index (χ2n) is 13.3. The van der Waals surface area contributed by atoms with E-state index in [-0.39, 0.29) is 6.04 Å². The first kappa shape index (κ1) is 28.6. The minimum atomic E-state index is 0.269. The average Bonchev–Trinajstić information content (AvgIpc) is 3.53. The third kappa shape index (κ3) is 4.57. The van der Waals surface area contributed by atoms with Crippen LogP contribution in [0.15, 0.2) is 194 Å². The fraction of sp³-hybridized carbons (Fsp3) is 0.0417. The molecule has 2 heteroatoms. The van der Waals surface area contributed by atoms with Crippen molar-refractivity contribution < 1.29 is 0 Å². The molecular weight excluding hydrogens is 605 g/mol. The second kappa shape index (κ2) is 11.6. The van der Waals surface area contributed by atoms with Gasteiger partial charge in [0.15, 0.2) is 0 Å². The first-order valence-corrected chi connectivity index (χ1v) is 17.4. The maximum absolute atomic E-state index is 2.50. The van der Waals surface area contributed by atoms with Gasteiger partial charge in [0.05, 0.1) is 6.04 Å². The summed E-state index contributed by atoms with van der Waals surface area (Å²) in [4.78, 5) is 4.90. The van der Waals surface area contributed by atoms with Crippen LogP contribution >= 0.6 is 0 Å². The lowest BCUT2D eigenvalue weighted by Crippen LogP contribution is -2.28. The van der Waals surface area contributed by atoms with Gasteiger partial charge in [0, 0.05) is 34.4 Å². The summed E-state index contributed by atoms with van der Waals surface area (Å²) in [5, 5.41) is 7.66. The zero-order valence-electron chi connectivity index (χ0n) is 27.5. The fourth-order valence-corrected chi connectivity index (χ4v) is 8.29. The predicted molar refractivity (Wildman–Crippen MR) is 212 cm³/mol. The number of benzene rings is 8. The van der Waals surface area contributed by atoms with Crippen molar-refractivity contribution >= 4 is 60.8 Å². The Morgan fingerprint density at radius 1 is 0.400 bits per heavy atom. The van der Waals surface area contributed by atoms with Gasteiger partial charge in [-0.25, -0.2) is 0 Å². The van der Waals surface area contributed by atoms with Gasteiger partial charge in [0.1, 0.15) is 0 Å². The molecule has 2 aliphatic rings. The molecule has 0 fully saturated rings. The number of hydrogen-bond donors (Lipinski definition) is 0. The predicted octanol–water partition coefficient (Wildman–Crippen LogP) is 13.0. The Morgan fingerprint density at radius 2 is 0.980 bits per heavy atom. The van der Waals surface area contributed by atoms with E-state index in [0.29, 0.717) is 5.92 Å². The minimum absolute atomic E-state index is 0.269. The summed E-state index contributed by atoms with van der Waals surface area (Å²) in [5.74, 6) is 0.358. The zero-order valence-corrected chi connectivity index (χ0v) is 27.5. The highest BCUT2D eigenvalue weighted by Gasteiger charge is 2.37. The highest BCUT2D eigenvalue weighted by molar-refractivity contribution is 6.25. The van der Waals surface area contributed by atoms with Crippen molar-refractivity contribution in [3.63, 3.8) is 0 Å². The van der Waals surface area contributed by atoms with Gasteiger partial charge < -0.3 is 9.80 Å². The molecule has 236 valence electrons. The average molecular weight is 639 g/mol. The lowest BCUT2D eigenvalue weighted by Gasteiger charge is -2.30. The van der Waals surface area contributed by atoms with Crippen LogP contribution < -0.4 is 9.80 Å². The molecule has 1 aliphatic carbocycles. The number of fused-ring (bicyclic) bond motifs is 9. The normalized spacial score (nSPS) is 16.2. The summed E-state index contributed by atoms with van der Waals surface area (Å²) in [6.07, 6.45) is 9.04. The molecule has 0 amide bonds.